The summed E-state index contributed by atoms with van der Waals surface area (Å²) in [7, 11) is 0. The van der Waals surface area contributed by atoms with Crippen molar-refractivity contribution in [3.63, 3.8) is 0 Å². The van der Waals surface area contributed by atoms with Gasteiger partial charge in [0.2, 0.25) is 11.8 Å². The van der Waals surface area contributed by atoms with Crippen molar-refractivity contribution in [3.05, 3.63) is 23.3 Å². The fourth-order valence-corrected chi connectivity index (χ4v) is 3.35. The Kier molecular flexibility index (Phi) is 4.90. The number of rotatable bonds is 3. The van der Waals surface area contributed by atoms with Gasteiger partial charge in [-0.1, -0.05) is 13.8 Å². The molecule has 1 fully saturated rings. The fourth-order valence-electron chi connectivity index (χ4n) is 3.35. The van der Waals surface area contributed by atoms with Gasteiger partial charge in [0, 0.05) is 31.6 Å². The van der Waals surface area contributed by atoms with E-state index in [1.807, 2.05) is 13.8 Å². The molecule has 3 heterocycles. The van der Waals surface area contributed by atoms with Crippen molar-refractivity contribution in [2.75, 3.05) is 19.6 Å². The van der Waals surface area contributed by atoms with Gasteiger partial charge in [-0.3, -0.25) is 9.59 Å². The number of carbonyl (C=O) groups excluding carboxylic acids is 2. The number of halogens is 3. The summed E-state index contributed by atoms with van der Waals surface area (Å²) in [6, 6.07) is 0. The van der Waals surface area contributed by atoms with Gasteiger partial charge in [-0.2, -0.15) is 13.2 Å². The zero-order valence-corrected chi connectivity index (χ0v) is 14.7. The van der Waals surface area contributed by atoms with Crippen LogP contribution >= 0.6 is 0 Å². The molecule has 1 aromatic rings. The van der Waals surface area contributed by atoms with Crippen LogP contribution in [0.1, 0.15) is 43.3 Å². The highest BCUT2D eigenvalue weighted by molar-refractivity contribution is 5.89. The van der Waals surface area contributed by atoms with E-state index < -0.39 is 24.5 Å². The lowest BCUT2D eigenvalue weighted by Crippen LogP contribution is -2.41. The number of hydrogen-bond acceptors (Lipinski definition) is 4. The number of likely N-dealkylation sites (tertiary alicyclic amines) is 1. The van der Waals surface area contributed by atoms with Gasteiger partial charge in [-0.15, -0.1) is 0 Å². The predicted octanol–water partition coefficient (Wildman–Crippen LogP) is 1.90. The quantitative estimate of drug-likeness (QED) is 0.815. The number of amides is 2. The molecule has 1 atom stereocenters. The Hall–Kier alpha value is -2.19. The minimum Gasteiger partial charge on any atom is -0.336 e. The molecule has 0 radical (unpaired) electrons. The van der Waals surface area contributed by atoms with Crippen molar-refractivity contribution in [1.82, 2.24) is 19.8 Å². The second-order valence-electron chi connectivity index (χ2n) is 7.16. The van der Waals surface area contributed by atoms with E-state index in [1.165, 1.54) is 0 Å². The first kappa shape index (κ1) is 18.6. The Labute approximate surface area is 149 Å². The molecule has 2 amide bonds. The molecule has 3 rings (SSSR count). The van der Waals surface area contributed by atoms with E-state index >= 15 is 0 Å². The second-order valence-corrected chi connectivity index (χ2v) is 7.16. The SMILES string of the molecule is CC(C)c1ncc2c(n1)CN(C(=O)C1CC(=O)N(CC(F)(F)F)C1)CC2. The van der Waals surface area contributed by atoms with E-state index in [-0.39, 0.29) is 24.8 Å². The molecule has 9 heteroatoms. The van der Waals surface area contributed by atoms with Crippen LogP contribution in [0.25, 0.3) is 0 Å². The van der Waals surface area contributed by atoms with Crippen LogP contribution < -0.4 is 0 Å². The van der Waals surface area contributed by atoms with Crippen LogP contribution in [0.15, 0.2) is 6.20 Å². The zero-order valence-electron chi connectivity index (χ0n) is 14.7. The molecule has 142 valence electrons. The average Bonchev–Trinajstić information content (AvgIpc) is 2.92. The maximum absolute atomic E-state index is 12.7. The Bertz CT molecular complexity index is 720. The predicted molar refractivity (Wildman–Crippen MR) is 86.0 cm³/mol. The first-order chi connectivity index (χ1) is 12.1. The van der Waals surface area contributed by atoms with E-state index in [4.69, 9.17) is 0 Å². The second kappa shape index (κ2) is 6.85. The molecular formula is C17H21F3N4O2. The van der Waals surface area contributed by atoms with E-state index in [1.54, 1.807) is 11.1 Å². The maximum atomic E-state index is 12.7. The third-order valence-corrected chi connectivity index (χ3v) is 4.73. The lowest BCUT2D eigenvalue weighted by Gasteiger charge is -2.30. The Morgan fingerprint density at radius 3 is 2.77 bits per heavy atom. The molecule has 1 unspecified atom stereocenters. The summed E-state index contributed by atoms with van der Waals surface area (Å²) in [4.78, 5) is 35.7. The molecule has 2 aliphatic rings. The Morgan fingerprint density at radius 1 is 1.38 bits per heavy atom. The van der Waals surface area contributed by atoms with Crippen molar-refractivity contribution in [1.29, 1.82) is 0 Å². The third-order valence-electron chi connectivity index (χ3n) is 4.73. The van der Waals surface area contributed by atoms with Crippen LogP contribution in [0, 0.1) is 5.92 Å². The summed E-state index contributed by atoms with van der Waals surface area (Å²) < 4.78 is 37.6. The van der Waals surface area contributed by atoms with E-state index in [2.05, 4.69) is 9.97 Å². The molecule has 2 aliphatic heterocycles. The van der Waals surface area contributed by atoms with Gasteiger partial charge in [0.05, 0.1) is 18.2 Å². The molecule has 26 heavy (non-hydrogen) atoms. The van der Waals surface area contributed by atoms with Crippen LogP contribution in [0.3, 0.4) is 0 Å². The topological polar surface area (TPSA) is 66.4 Å². The van der Waals surface area contributed by atoms with E-state index in [0.717, 1.165) is 16.2 Å². The summed E-state index contributed by atoms with van der Waals surface area (Å²) >= 11 is 0. The molecule has 1 saturated heterocycles. The maximum Gasteiger partial charge on any atom is 0.406 e. The van der Waals surface area contributed by atoms with Crippen LogP contribution in [0.4, 0.5) is 13.2 Å². The average molecular weight is 370 g/mol. The molecule has 0 N–H and O–H groups in total. The zero-order chi connectivity index (χ0) is 19.1. The number of aromatic nitrogens is 2. The van der Waals surface area contributed by atoms with Gasteiger partial charge in [-0.05, 0) is 12.0 Å². The molecule has 0 aromatic carbocycles. The first-order valence-corrected chi connectivity index (χ1v) is 8.62. The highest BCUT2D eigenvalue weighted by Crippen LogP contribution is 2.27. The summed E-state index contributed by atoms with van der Waals surface area (Å²) in [6.07, 6.45) is -2.24. The third kappa shape index (κ3) is 3.96. The normalized spacial score (nSPS) is 20.7. The Balaban J connectivity index is 1.68. The largest absolute Gasteiger partial charge is 0.406 e. The van der Waals surface area contributed by atoms with Crippen LogP contribution in [0.2, 0.25) is 0 Å². The number of fused-ring (bicyclic) bond motifs is 1. The van der Waals surface area contributed by atoms with E-state index in [0.29, 0.717) is 25.3 Å². The van der Waals surface area contributed by atoms with Crippen LogP contribution in [0.5, 0.6) is 0 Å². The summed E-state index contributed by atoms with van der Waals surface area (Å²) in [5, 5.41) is 0. The van der Waals surface area contributed by atoms with Gasteiger partial charge in [0.15, 0.2) is 0 Å². The smallest absolute Gasteiger partial charge is 0.336 e. The monoisotopic (exact) mass is 370 g/mol. The van der Waals surface area contributed by atoms with Crippen molar-refractivity contribution < 1.29 is 22.8 Å². The number of nitrogens with zero attached hydrogens (tertiary/aromatic N) is 4. The van der Waals surface area contributed by atoms with Crippen molar-refractivity contribution in [2.45, 2.75) is 45.3 Å². The molecule has 0 saturated carbocycles. The van der Waals surface area contributed by atoms with Crippen LogP contribution in [-0.2, 0) is 22.6 Å². The number of alkyl halides is 3. The molecule has 0 spiro atoms. The molecule has 0 aliphatic carbocycles. The number of carbonyl (C=O) groups is 2. The standard InChI is InChI=1S/C17H21F3N4O2/c1-10(2)15-21-6-11-3-4-23(8-13(11)22-15)16(26)12-5-14(25)24(7-12)9-17(18,19)20/h6,10,12H,3-5,7-9H2,1-2H3. The molecule has 0 bridgehead atoms. The van der Waals surface area contributed by atoms with Gasteiger partial charge >= 0.3 is 6.18 Å². The van der Waals surface area contributed by atoms with Gasteiger partial charge in [0.25, 0.3) is 0 Å². The molecule has 6 nitrogen and oxygen atoms in total. The van der Waals surface area contributed by atoms with Gasteiger partial charge < -0.3 is 9.80 Å². The highest BCUT2D eigenvalue weighted by Gasteiger charge is 2.42. The summed E-state index contributed by atoms with van der Waals surface area (Å²) in [6.45, 7) is 3.24. The molecular weight excluding hydrogens is 349 g/mol. The number of hydrogen-bond donors (Lipinski definition) is 0. The highest BCUT2D eigenvalue weighted by atomic mass is 19.4. The lowest BCUT2D eigenvalue weighted by atomic mass is 10.0. The van der Waals surface area contributed by atoms with Gasteiger partial charge in [-0.25, -0.2) is 9.97 Å². The van der Waals surface area contributed by atoms with Crippen molar-refractivity contribution in [3.8, 4) is 0 Å². The molecule has 1 aromatic heterocycles. The minimum atomic E-state index is -4.46. The summed E-state index contributed by atoms with van der Waals surface area (Å²) in [5.74, 6) is -0.765. The van der Waals surface area contributed by atoms with Gasteiger partial charge in [0.1, 0.15) is 12.4 Å². The minimum absolute atomic E-state index is 0.162. The summed E-state index contributed by atoms with van der Waals surface area (Å²) in [5.41, 5.74) is 1.76. The van der Waals surface area contributed by atoms with Crippen molar-refractivity contribution in [2.24, 2.45) is 5.92 Å². The van der Waals surface area contributed by atoms with Crippen LogP contribution in [-0.4, -0.2) is 57.4 Å². The lowest BCUT2D eigenvalue weighted by molar-refractivity contribution is -0.157. The fraction of sp³-hybridized carbons (Fsp3) is 0.647. The van der Waals surface area contributed by atoms with Crippen molar-refractivity contribution >= 4 is 11.8 Å². The first-order valence-electron chi connectivity index (χ1n) is 8.62. The van der Waals surface area contributed by atoms with E-state index in [9.17, 15) is 22.8 Å². The Morgan fingerprint density at radius 2 is 2.12 bits per heavy atom.